The number of nitrogens with two attached hydrogens (primary N) is 1. The van der Waals surface area contributed by atoms with Gasteiger partial charge in [-0.1, -0.05) is 19.1 Å². The zero-order chi connectivity index (χ0) is 14.8. The minimum atomic E-state index is -3.86. The van der Waals surface area contributed by atoms with Crippen LogP contribution < -0.4 is 15.8 Å². The molecule has 1 aromatic rings. The van der Waals surface area contributed by atoms with Crippen molar-refractivity contribution in [3.63, 3.8) is 0 Å². The van der Waals surface area contributed by atoms with E-state index in [1.54, 1.807) is 12.1 Å². The van der Waals surface area contributed by atoms with Crippen molar-refractivity contribution in [3.05, 3.63) is 24.3 Å². The highest BCUT2D eigenvalue weighted by molar-refractivity contribution is 7.89. The molecule has 4 N–H and O–H groups in total. The van der Waals surface area contributed by atoms with Gasteiger partial charge in [0.1, 0.15) is 4.90 Å². The average Bonchev–Trinajstić information content (AvgIpc) is 2.38. The van der Waals surface area contributed by atoms with Gasteiger partial charge in [0, 0.05) is 0 Å². The topological polar surface area (TPSA) is 101 Å². The third kappa shape index (κ3) is 3.36. The molecule has 1 aromatic carbocycles. The molecule has 1 saturated heterocycles. The number of rotatable bonds is 3. The summed E-state index contributed by atoms with van der Waals surface area (Å²) in [5, 5.41) is 11.0. The molecule has 2 rings (SSSR count). The van der Waals surface area contributed by atoms with Gasteiger partial charge in [0.05, 0.1) is 11.7 Å². The van der Waals surface area contributed by atoms with Gasteiger partial charge < -0.3 is 10.6 Å². The Bertz CT molecular complexity index is 601. The summed E-state index contributed by atoms with van der Waals surface area (Å²) in [7, 11) is -3.86. The van der Waals surface area contributed by atoms with Gasteiger partial charge in [-0.2, -0.15) is 0 Å². The molecule has 0 aliphatic carbocycles. The van der Waals surface area contributed by atoms with Crippen LogP contribution in [0, 0.1) is 5.92 Å². The Kier molecular flexibility index (Phi) is 4.42. The Labute approximate surface area is 118 Å². The van der Waals surface area contributed by atoms with Gasteiger partial charge >= 0.3 is 0 Å². The third-order valence-corrected chi connectivity index (χ3v) is 4.47. The van der Waals surface area contributed by atoms with Crippen molar-refractivity contribution in [1.29, 1.82) is 0 Å². The SMILES string of the molecule is CC1CCCNC1C(=O)Nc1ccccc1S(N)(=O)=O. The van der Waals surface area contributed by atoms with Crippen molar-refractivity contribution < 1.29 is 13.2 Å². The number of piperidine rings is 1. The molecule has 1 heterocycles. The fraction of sp³-hybridized carbons (Fsp3) is 0.462. The fourth-order valence-corrected chi connectivity index (χ4v) is 3.12. The molecule has 0 aromatic heterocycles. The molecule has 0 saturated carbocycles. The predicted molar refractivity (Wildman–Crippen MR) is 76.6 cm³/mol. The van der Waals surface area contributed by atoms with Crippen LogP contribution in [0.25, 0.3) is 0 Å². The predicted octanol–water partition coefficient (Wildman–Crippen LogP) is 0.661. The molecule has 2 atom stereocenters. The van der Waals surface area contributed by atoms with E-state index < -0.39 is 10.0 Å². The highest BCUT2D eigenvalue weighted by atomic mass is 32.2. The van der Waals surface area contributed by atoms with E-state index in [1.807, 2.05) is 6.92 Å². The first-order valence-electron chi connectivity index (χ1n) is 6.55. The lowest BCUT2D eigenvalue weighted by Gasteiger charge is -2.29. The van der Waals surface area contributed by atoms with Crippen LogP contribution in [-0.2, 0) is 14.8 Å². The first-order chi connectivity index (χ1) is 9.39. The van der Waals surface area contributed by atoms with Crippen LogP contribution in [0.2, 0.25) is 0 Å². The van der Waals surface area contributed by atoms with Gasteiger partial charge in [-0.25, -0.2) is 13.6 Å². The minimum absolute atomic E-state index is 0.0724. The van der Waals surface area contributed by atoms with Gasteiger partial charge in [0.25, 0.3) is 0 Å². The maximum absolute atomic E-state index is 12.2. The van der Waals surface area contributed by atoms with Crippen molar-refractivity contribution in [3.8, 4) is 0 Å². The van der Waals surface area contributed by atoms with Crippen molar-refractivity contribution in [2.24, 2.45) is 11.1 Å². The number of primary sulfonamides is 1. The first-order valence-corrected chi connectivity index (χ1v) is 8.10. The van der Waals surface area contributed by atoms with Crippen LogP contribution >= 0.6 is 0 Å². The monoisotopic (exact) mass is 297 g/mol. The fourth-order valence-electron chi connectivity index (χ4n) is 2.43. The molecule has 20 heavy (non-hydrogen) atoms. The lowest BCUT2D eigenvalue weighted by Crippen LogP contribution is -2.48. The number of amides is 1. The van der Waals surface area contributed by atoms with Gasteiger partial charge in [-0.3, -0.25) is 4.79 Å². The van der Waals surface area contributed by atoms with Gasteiger partial charge in [-0.05, 0) is 37.4 Å². The number of carbonyl (C=O) groups excluding carboxylic acids is 1. The largest absolute Gasteiger partial charge is 0.323 e. The average molecular weight is 297 g/mol. The smallest absolute Gasteiger partial charge is 0.241 e. The second-order valence-corrected chi connectivity index (χ2v) is 6.61. The van der Waals surface area contributed by atoms with Crippen molar-refractivity contribution in [1.82, 2.24) is 5.32 Å². The lowest BCUT2D eigenvalue weighted by atomic mass is 9.92. The molecule has 1 aliphatic rings. The lowest BCUT2D eigenvalue weighted by molar-refractivity contribution is -0.119. The van der Waals surface area contributed by atoms with E-state index in [1.165, 1.54) is 12.1 Å². The van der Waals surface area contributed by atoms with Crippen LogP contribution in [0.3, 0.4) is 0 Å². The van der Waals surface area contributed by atoms with Crippen molar-refractivity contribution >= 4 is 21.6 Å². The summed E-state index contributed by atoms with van der Waals surface area (Å²) in [4.78, 5) is 12.2. The molecule has 1 aliphatic heterocycles. The van der Waals surface area contributed by atoms with E-state index >= 15 is 0 Å². The Morgan fingerprint density at radius 1 is 1.40 bits per heavy atom. The van der Waals surface area contributed by atoms with Crippen LogP contribution in [0.15, 0.2) is 29.2 Å². The van der Waals surface area contributed by atoms with E-state index in [4.69, 9.17) is 5.14 Å². The van der Waals surface area contributed by atoms with Crippen molar-refractivity contribution in [2.75, 3.05) is 11.9 Å². The van der Waals surface area contributed by atoms with Gasteiger partial charge in [-0.15, -0.1) is 0 Å². The molecule has 7 heteroatoms. The summed E-state index contributed by atoms with van der Waals surface area (Å²) in [5.74, 6) is -0.0151. The van der Waals surface area contributed by atoms with Crippen LogP contribution in [0.1, 0.15) is 19.8 Å². The second kappa shape index (κ2) is 5.90. The zero-order valence-corrected chi connectivity index (χ0v) is 12.1. The quantitative estimate of drug-likeness (QED) is 0.763. The van der Waals surface area contributed by atoms with Crippen LogP contribution in [0.5, 0.6) is 0 Å². The van der Waals surface area contributed by atoms with E-state index in [2.05, 4.69) is 10.6 Å². The van der Waals surface area contributed by atoms with Crippen molar-refractivity contribution in [2.45, 2.75) is 30.7 Å². The van der Waals surface area contributed by atoms with Crippen LogP contribution in [-0.4, -0.2) is 26.9 Å². The summed E-state index contributed by atoms with van der Waals surface area (Å²) in [6.07, 6.45) is 2.01. The molecule has 110 valence electrons. The summed E-state index contributed by atoms with van der Waals surface area (Å²) in [5.41, 5.74) is 0.222. The summed E-state index contributed by atoms with van der Waals surface area (Å²) >= 11 is 0. The highest BCUT2D eigenvalue weighted by Gasteiger charge is 2.28. The third-order valence-electron chi connectivity index (χ3n) is 3.50. The molecule has 2 unspecified atom stereocenters. The van der Waals surface area contributed by atoms with E-state index in [0.29, 0.717) is 0 Å². The normalized spacial score (nSPS) is 23.3. The Morgan fingerprint density at radius 2 is 2.10 bits per heavy atom. The number of anilines is 1. The van der Waals surface area contributed by atoms with E-state index in [-0.39, 0.29) is 28.4 Å². The highest BCUT2D eigenvalue weighted by Crippen LogP contribution is 2.21. The molecule has 6 nitrogen and oxygen atoms in total. The molecule has 0 spiro atoms. The summed E-state index contributed by atoms with van der Waals surface area (Å²) in [6, 6.07) is 5.82. The minimum Gasteiger partial charge on any atom is -0.323 e. The molecule has 1 amide bonds. The number of sulfonamides is 1. The number of hydrogen-bond donors (Lipinski definition) is 3. The molecule has 0 bridgehead atoms. The van der Waals surface area contributed by atoms with E-state index in [9.17, 15) is 13.2 Å². The second-order valence-electron chi connectivity index (χ2n) is 5.08. The number of benzene rings is 1. The Morgan fingerprint density at radius 3 is 2.75 bits per heavy atom. The van der Waals surface area contributed by atoms with Gasteiger partial charge in [0.15, 0.2) is 0 Å². The van der Waals surface area contributed by atoms with E-state index in [0.717, 1.165) is 19.4 Å². The maximum Gasteiger partial charge on any atom is 0.241 e. The zero-order valence-electron chi connectivity index (χ0n) is 11.3. The number of carbonyl (C=O) groups is 1. The Balaban J connectivity index is 2.20. The molecule has 1 fully saturated rings. The molecular formula is C13H19N3O3S. The first kappa shape index (κ1) is 15.0. The summed E-state index contributed by atoms with van der Waals surface area (Å²) in [6.45, 7) is 2.79. The number of para-hydroxylation sites is 1. The van der Waals surface area contributed by atoms with Crippen LogP contribution in [0.4, 0.5) is 5.69 Å². The maximum atomic E-state index is 12.2. The number of hydrogen-bond acceptors (Lipinski definition) is 4. The summed E-state index contributed by atoms with van der Waals surface area (Å²) < 4.78 is 23.0. The molecular weight excluding hydrogens is 278 g/mol. The molecule has 0 radical (unpaired) electrons. The Hall–Kier alpha value is -1.44. The standard InChI is InChI=1S/C13H19N3O3S/c1-9-5-4-8-15-12(9)13(17)16-10-6-2-3-7-11(10)20(14,18)19/h2-3,6-7,9,12,15H,4-5,8H2,1H3,(H,16,17)(H2,14,18,19). The number of nitrogens with one attached hydrogen (secondary N) is 2. The van der Waals surface area contributed by atoms with Gasteiger partial charge in [0.2, 0.25) is 15.9 Å².